The van der Waals surface area contributed by atoms with E-state index in [0.717, 1.165) is 0 Å². The highest BCUT2D eigenvalue weighted by Gasteiger charge is 2.44. The van der Waals surface area contributed by atoms with Crippen LogP contribution in [-0.2, 0) is 6.42 Å². The van der Waals surface area contributed by atoms with Crippen molar-refractivity contribution in [2.75, 3.05) is 13.7 Å². The quantitative estimate of drug-likeness (QED) is 0.797. The molecule has 23 heavy (non-hydrogen) atoms. The van der Waals surface area contributed by atoms with Gasteiger partial charge in [0.1, 0.15) is 35.2 Å². The number of aliphatic hydroxyl groups is 1. The molecule has 120 valence electrons. The number of aromatic hydroxyl groups is 2. The molecular weight excluding hydrogens is 300 g/mol. The Morgan fingerprint density at radius 3 is 2.57 bits per heavy atom. The molecule has 0 fully saturated rings. The first kappa shape index (κ1) is 15.2. The topological polar surface area (TPSA) is 96.2 Å². The first-order valence-electron chi connectivity index (χ1n) is 7.02. The van der Waals surface area contributed by atoms with Gasteiger partial charge in [0.2, 0.25) is 5.78 Å². The lowest BCUT2D eigenvalue weighted by Gasteiger charge is -2.32. The van der Waals surface area contributed by atoms with E-state index in [9.17, 15) is 20.1 Å². The summed E-state index contributed by atoms with van der Waals surface area (Å²) in [6.07, 6.45) is 0.0109. The van der Waals surface area contributed by atoms with Crippen molar-refractivity contribution in [2.45, 2.75) is 12.0 Å². The molecule has 0 spiro atoms. The molecule has 0 saturated heterocycles. The fourth-order valence-corrected chi connectivity index (χ4v) is 2.61. The first-order valence-corrected chi connectivity index (χ1v) is 7.02. The van der Waals surface area contributed by atoms with Crippen LogP contribution in [0.15, 0.2) is 36.4 Å². The maximum atomic E-state index is 12.7. The van der Waals surface area contributed by atoms with Crippen LogP contribution in [0.3, 0.4) is 0 Å². The fourth-order valence-electron chi connectivity index (χ4n) is 2.61. The Balaban J connectivity index is 1.94. The third kappa shape index (κ3) is 2.68. The minimum absolute atomic E-state index is 0.0109. The van der Waals surface area contributed by atoms with Crippen molar-refractivity contribution in [1.82, 2.24) is 0 Å². The molecule has 6 heteroatoms. The van der Waals surface area contributed by atoms with Crippen LogP contribution >= 0.6 is 0 Å². The third-order valence-electron chi connectivity index (χ3n) is 3.84. The minimum Gasteiger partial charge on any atom is -0.508 e. The molecule has 2 aromatic carbocycles. The number of carbonyl (C=O) groups excluding carboxylic acids is 1. The molecule has 1 atom stereocenters. The number of ether oxygens (including phenoxy) is 2. The first-order chi connectivity index (χ1) is 10.9. The summed E-state index contributed by atoms with van der Waals surface area (Å²) < 4.78 is 10.5. The van der Waals surface area contributed by atoms with Gasteiger partial charge in [-0.25, -0.2) is 0 Å². The molecule has 0 saturated carbocycles. The molecule has 0 aliphatic carbocycles. The van der Waals surface area contributed by atoms with Gasteiger partial charge in [0.05, 0.1) is 7.11 Å². The van der Waals surface area contributed by atoms with E-state index in [4.69, 9.17) is 9.47 Å². The van der Waals surface area contributed by atoms with E-state index in [2.05, 4.69) is 0 Å². The number of hydrogen-bond acceptors (Lipinski definition) is 6. The summed E-state index contributed by atoms with van der Waals surface area (Å²) in [7, 11) is 1.44. The molecule has 0 unspecified atom stereocenters. The molecule has 6 nitrogen and oxygen atoms in total. The lowest BCUT2D eigenvalue weighted by atomic mass is 9.85. The van der Waals surface area contributed by atoms with Crippen molar-refractivity contribution < 1.29 is 29.6 Å². The van der Waals surface area contributed by atoms with Gasteiger partial charge in [-0.05, 0) is 17.7 Å². The second kappa shape index (κ2) is 5.48. The molecule has 0 aromatic heterocycles. The molecule has 1 heterocycles. The van der Waals surface area contributed by atoms with Crippen LogP contribution in [0.1, 0.15) is 15.9 Å². The molecule has 3 N–H and O–H groups in total. The third-order valence-corrected chi connectivity index (χ3v) is 3.84. The second-order valence-electron chi connectivity index (χ2n) is 5.51. The lowest BCUT2D eigenvalue weighted by molar-refractivity contribution is -0.00240. The number of Topliss-reactive ketones (excluding diaryl/α,β-unsaturated/α-hetero) is 1. The molecule has 1 aliphatic rings. The summed E-state index contributed by atoms with van der Waals surface area (Å²) in [4.78, 5) is 12.7. The Morgan fingerprint density at radius 2 is 1.91 bits per heavy atom. The van der Waals surface area contributed by atoms with Crippen LogP contribution in [0.25, 0.3) is 0 Å². The average molecular weight is 316 g/mol. The summed E-state index contributed by atoms with van der Waals surface area (Å²) in [6.45, 7) is -0.230. The van der Waals surface area contributed by atoms with Crippen molar-refractivity contribution in [3.63, 3.8) is 0 Å². The molecule has 0 bridgehead atoms. The smallest absolute Gasteiger partial charge is 0.205 e. The number of ketones is 1. The number of hydrogen-bond donors (Lipinski definition) is 3. The van der Waals surface area contributed by atoms with Crippen LogP contribution in [0.4, 0.5) is 0 Å². The normalized spacial score (nSPS) is 19.8. The van der Waals surface area contributed by atoms with E-state index >= 15 is 0 Å². The summed E-state index contributed by atoms with van der Waals surface area (Å²) in [5.74, 6) is -0.262. The van der Waals surface area contributed by atoms with E-state index in [1.165, 1.54) is 31.4 Å². The number of methoxy groups -OCH3 is 1. The van der Waals surface area contributed by atoms with E-state index in [-0.39, 0.29) is 35.8 Å². The highest BCUT2D eigenvalue weighted by atomic mass is 16.5. The van der Waals surface area contributed by atoms with Gasteiger partial charge in [-0.1, -0.05) is 12.1 Å². The van der Waals surface area contributed by atoms with Crippen LogP contribution in [0.5, 0.6) is 23.0 Å². The number of phenolic OH excluding ortho intramolecular Hbond substituents is 2. The largest absolute Gasteiger partial charge is 0.508 e. The van der Waals surface area contributed by atoms with Gasteiger partial charge in [0.15, 0.2) is 5.60 Å². The predicted molar refractivity (Wildman–Crippen MR) is 81.2 cm³/mol. The van der Waals surface area contributed by atoms with Crippen LogP contribution < -0.4 is 9.47 Å². The van der Waals surface area contributed by atoms with Crippen LogP contribution in [0, 0.1) is 0 Å². The van der Waals surface area contributed by atoms with Crippen molar-refractivity contribution in [2.24, 2.45) is 0 Å². The van der Waals surface area contributed by atoms with E-state index in [0.29, 0.717) is 11.3 Å². The van der Waals surface area contributed by atoms with Gasteiger partial charge in [-0.2, -0.15) is 0 Å². The summed E-state index contributed by atoms with van der Waals surface area (Å²) in [6, 6.07) is 8.97. The van der Waals surface area contributed by atoms with Gasteiger partial charge in [-0.3, -0.25) is 4.79 Å². The van der Waals surface area contributed by atoms with E-state index in [1.807, 2.05) is 0 Å². The van der Waals surface area contributed by atoms with Gasteiger partial charge in [-0.15, -0.1) is 0 Å². The number of carbonyl (C=O) groups is 1. The summed E-state index contributed by atoms with van der Waals surface area (Å²) >= 11 is 0. The van der Waals surface area contributed by atoms with Crippen molar-refractivity contribution >= 4 is 5.78 Å². The number of phenols is 2. The number of benzene rings is 2. The van der Waals surface area contributed by atoms with Gasteiger partial charge in [0, 0.05) is 18.6 Å². The summed E-state index contributed by atoms with van der Waals surface area (Å²) in [5, 5.41) is 30.0. The maximum Gasteiger partial charge on any atom is 0.205 e. The van der Waals surface area contributed by atoms with Gasteiger partial charge in [0.25, 0.3) is 0 Å². The monoisotopic (exact) mass is 316 g/mol. The highest BCUT2D eigenvalue weighted by Crippen LogP contribution is 2.40. The maximum absolute atomic E-state index is 12.7. The van der Waals surface area contributed by atoms with Crippen molar-refractivity contribution in [3.8, 4) is 23.0 Å². The fraction of sp³-hybridized carbons (Fsp3) is 0.235. The predicted octanol–water partition coefficient (Wildman–Crippen LogP) is 1.66. The zero-order chi connectivity index (χ0) is 16.6. The molecule has 2 aromatic rings. The van der Waals surface area contributed by atoms with E-state index in [1.54, 1.807) is 12.1 Å². The summed E-state index contributed by atoms with van der Waals surface area (Å²) in [5.41, 5.74) is -1.17. The lowest BCUT2D eigenvalue weighted by Crippen LogP contribution is -2.49. The zero-order valence-electron chi connectivity index (χ0n) is 12.4. The molecule has 0 radical (unpaired) electrons. The number of fused-ring (bicyclic) bond motifs is 1. The molecular formula is C17H16O6. The van der Waals surface area contributed by atoms with Crippen LogP contribution in [0.2, 0.25) is 0 Å². The Morgan fingerprint density at radius 1 is 1.22 bits per heavy atom. The standard InChI is InChI=1S/C17H16O6/c1-22-12-6-13(19)15-14(7-12)23-9-17(21,16(15)20)8-10-2-4-11(18)5-3-10/h2-7,18-19,21H,8-9H2,1H3/t17-/m0/s1. The molecule has 3 rings (SSSR count). The van der Waals surface area contributed by atoms with Crippen molar-refractivity contribution in [1.29, 1.82) is 0 Å². The Labute approximate surface area is 132 Å². The number of rotatable bonds is 3. The second-order valence-corrected chi connectivity index (χ2v) is 5.51. The van der Waals surface area contributed by atoms with Gasteiger partial charge >= 0.3 is 0 Å². The minimum atomic E-state index is -1.78. The molecule has 1 aliphatic heterocycles. The Bertz CT molecular complexity index is 752. The Hall–Kier alpha value is -2.73. The SMILES string of the molecule is COc1cc(O)c2c(c1)OC[C@@](O)(Cc1ccc(O)cc1)C2=O. The van der Waals surface area contributed by atoms with Crippen molar-refractivity contribution in [3.05, 3.63) is 47.5 Å². The van der Waals surface area contributed by atoms with Gasteiger partial charge < -0.3 is 24.8 Å². The zero-order valence-corrected chi connectivity index (χ0v) is 12.4. The Kier molecular flexibility index (Phi) is 3.61. The average Bonchev–Trinajstić information content (AvgIpc) is 2.53. The van der Waals surface area contributed by atoms with E-state index < -0.39 is 11.4 Å². The highest BCUT2D eigenvalue weighted by molar-refractivity contribution is 6.08. The molecule has 0 amide bonds. The van der Waals surface area contributed by atoms with Crippen LogP contribution in [-0.4, -0.2) is 40.4 Å².